The Kier molecular flexibility index (Phi) is 4.97. The molecule has 3 rings (SSSR count). The topological polar surface area (TPSA) is 28.7 Å². The smallest absolute Gasteiger partial charge is 0.123 e. The summed E-state index contributed by atoms with van der Waals surface area (Å²) in [6.07, 6.45) is 1.80. The minimum atomic E-state index is -0.358. The second-order valence-corrected chi connectivity index (χ2v) is 6.71. The molecule has 2 aromatic carbocycles. The maximum atomic E-state index is 13.5. The summed E-state index contributed by atoms with van der Waals surface area (Å²) in [6.45, 7) is 6.05. The first-order valence-electron chi connectivity index (χ1n) is 8.24. The lowest BCUT2D eigenvalue weighted by Crippen LogP contribution is -2.01. The number of halogens is 2. The van der Waals surface area contributed by atoms with Crippen molar-refractivity contribution in [3.05, 3.63) is 87.4 Å². The molecule has 1 aromatic heterocycles. The molecule has 0 aliphatic carbocycles. The Balaban J connectivity index is 2.13. The molecule has 0 atom stereocenters. The third-order valence-corrected chi connectivity index (χ3v) is 4.67. The van der Waals surface area contributed by atoms with Crippen molar-refractivity contribution in [3.63, 3.8) is 0 Å². The molecule has 0 aliphatic heterocycles. The largest absolute Gasteiger partial charge is 0.318 e. The molecule has 26 heavy (non-hydrogen) atoms. The third kappa shape index (κ3) is 3.42. The number of nitriles is 1. The van der Waals surface area contributed by atoms with E-state index in [2.05, 4.69) is 10.6 Å². The molecule has 0 aliphatic rings. The van der Waals surface area contributed by atoms with Gasteiger partial charge in [0.1, 0.15) is 5.82 Å². The van der Waals surface area contributed by atoms with Gasteiger partial charge in [-0.1, -0.05) is 29.8 Å². The fourth-order valence-electron chi connectivity index (χ4n) is 3.12. The predicted octanol–water partition coefficient (Wildman–Crippen LogP) is 6.26. The molecular weight excluding hydrogens is 347 g/mol. The first kappa shape index (κ1) is 18.0. The van der Waals surface area contributed by atoms with Gasteiger partial charge in [-0.05, 0) is 73.9 Å². The Morgan fingerprint density at radius 3 is 2.58 bits per heavy atom. The fourth-order valence-corrected chi connectivity index (χ4v) is 3.29. The van der Waals surface area contributed by atoms with Crippen LogP contribution in [0.2, 0.25) is 5.02 Å². The van der Waals surface area contributed by atoms with Crippen molar-refractivity contribution in [1.82, 2.24) is 4.57 Å². The Bertz CT molecular complexity index is 1050. The Hall–Kier alpha value is -2.83. The van der Waals surface area contributed by atoms with Gasteiger partial charge in [-0.3, -0.25) is 0 Å². The van der Waals surface area contributed by atoms with Crippen LogP contribution in [0.5, 0.6) is 0 Å². The summed E-state index contributed by atoms with van der Waals surface area (Å²) in [6, 6.07) is 16.1. The van der Waals surface area contributed by atoms with Gasteiger partial charge in [0, 0.05) is 22.1 Å². The summed E-state index contributed by atoms with van der Waals surface area (Å²) in [5, 5.41) is 10.2. The zero-order valence-corrected chi connectivity index (χ0v) is 15.6. The van der Waals surface area contributed by atoms with E-state index < -0.39 is 0 Å². The monoisotopic (exact) mass is 364 g/mol. The first-order chi connectivity index (χ1) is 12.4. The van der Waals surface area contributed by atoms with Crippen molar-refractivity contribution in [2.45, 2.75) is 20.8 Å². The highest BCUT2D eigenvalue weighted by molar-refractivity contribution is 6.30. The maximum absolute atomic E-state index is 13.5. The summed E-state index contributed by atoms with van der Waals surface area (Å²) in [4.78, 5) is 0. The number of nitrogens with zero attached hydrogens (tertiary/aromatic N) is 2. The molecule has 0 spiro atoms. The van der Waals surface area contributed by atoms with E-state index >= 15 is 0 Å². The molecule has 0 amide bonds. The molecule has 1 heterocycles. The minimum absolute atomic E-state index is 0.358. The van der Waals surface area contributed by atoms with Crippen molar-refractivity contribution in [2.75, 3.05) is 0 Å². The molecule has 0 bridgehead atoms. The maximum Gasteiger partial charge on any atom is 0.123 e. The van der Waals surface area contributed by atoms with Crippen molar-refractivity contribution in [2.24, 2.45) is 0 Å². The van der Waals surface area contributed by atoms with E-state index in [1.54, 1.807) is 18.2 Å². The highest BCUT2D eigenvalue weighted by atomic mass is 35.5. The normalized spacial score (nSPS) is 11.5. The molecule has 0 radical (unpaired) electrons. The minimum Gasteiger partial charge on any atom is -0.318 e. The van der Waals surface area contributed by atoms with E-state index in [-0.39, 0.29) is 5.82 Å². The highest BCUT2D eigenvalue weighted by Crippen LogP contribution is 2.28. The first-order valence-corrected chi connectivity index (χ1v) is 8.61. The van der Waals surface area contributed by atoms with E-state index in [9.17, 15) is 9.65 Å². The fraction of sp³-hybridized carbons (Fsp3) is 0.136. The molecule has 130 valence electrons. The van der Waals surface area contributed by atoms with Crippen LogP contribution in [0.3, 0.4) is 0 Å². The molecule has 0 saturated carbocycles. The van der Waals surface area contributed by atoms with Gasteiger partial charge in [0.05, 0.1) is 11.6 Å². The number of allylic oxidation sites excluding steroid dienone is 1. The molecule has 0 saturated heterocycles. The lowest BCUT2D eigenvalue weighted by Gasteiger charge is -2.13. The van der Waals surface area contributed by atoms with Gasteiger partial charge in [0.15, 0.2) is 0 Å². The number of hydrogen-bond donors (Lipinski definition) is 0. The highest BCUT2D eigenvalue weighted by Gasteiger charge is 2.13. The van der Waals surface area contributed by atoms with E-state index in [0.29, 0.717) is 16.2 Å². The van der Waals surface area contributed by atoms with Crippen LogP contribution in [0, 0.1) is 37.9 Å². The average molecular weight is 365 g/mol. The van der Waals surface area contributed by atoms with Crippen LogP contribution in [0.1, 0.15) is 28.1 Å². The number of hydrogen-bond acceptors (Lipinski definition) is 1. The lowest BCUT2D eigenvalue weighted by molar-refractivity contribution is 0.627. The van der Waals surface area contributed by atoms with Crippen molar-refractivity contribution in [1.29, 1.82) is 5.26 Å². The van der Waals surface area contributed by atoms with Gasteiger partial charge in [-0.25, -0.2) is 4.39 Å². The number of aryl methyl sites for hydroxylation is 2. The van der Waals surface area contributed by atoms with Crippen LogP contribution in [-0.4, -0.2) is 4.57 Å². The van der Waals surface area contributed by atoms with Gasteiger partial charge < -0.3 is 4.57 Å². The van der Waals surface area contributed by atoms with Crippen LogP contribution in [0.4, 0.5) is 4.39 Å². The van der Waals surface area contributed by atoms with Crippen LogP contribution < -0.4 is 0 Å². The SMILES string of the molecule is Cc1ccc(Cl)cc1-n1c(C)cc(/C=C(/C#N)c2cccc(F)c2)c1C. The molecule has 3 aromatic rings. The quantitative estimate of drug-likeness (QED) is 0.504. The van der Waals surface area contributed by atoms with E-state index in [1.165, 1.54) is 12.1 Å². The molecule has 0 N–H and O–H groups in total. The third-order valence-electron chi connectivity index (χ3n) is 4.44. The van der Waals surface area contributed by atoms with E-state index in [4.69, 9.17) is 11.6 Å². The van der Waals surface area contributed by atoms with Gasteiger partial charge in [0.2, 0.25) is 0 Å². The summed E-state index contributed by atoms with van der Waals surface area (Å²) in [5.41, 5.74) is 6.06. The second-order valence-electron chi connectivity index (χ2n) is 6.27. The summed E-state index contributed by atoms with van der Waals surface area (Å²) in [7, 11) is 0. The number of benzene rings is 2. The average Bonchev–Trinajstić information content (AvgIpc) is 2.88. The van der Waals surface area contributed by atoms with Crippen LogP contribution in [-0.2, 0) is 0 Å². The van der Waals surface area contributed by atoms with Crippen molar-refractivity contribution in [3.8, 4) is 11.8 Å². The predicted molar refractivity (Wildman–Crippen MR) is 105 cm³/mol. The lowest BCUT2D eigenvalue weighted by atomic mass is 10.0. The summed E-state index contributed by atoms with van der Waals surface area (Å²) < 4.78 is 15.6. The van der Waals surface area contributed by atoms with Gasteiger partial charge in [-0.15, -0.1) is 0 Å². The molecule has 0 unspecified atom stereocenters. The van der Waals surface area contributed by atoms with Crippen LogP contribution >= 0.6 is 11.6 Å². The van der Waals surface area contributed by atoms with Crippen LogP contribution in [0.15, 0.2) is 48.5 Å². The standard InChI is InChI=1S/C22H18ClFN2/c1-14-7-8-20(23)12-22(14)26-15(2)9-18(16(26)3)10-19(13-25)17-5-4-6-21(24)11-17/h4-12H,1-3H3/b19-10-. The van der Waals surface area contributed by atoms with Gasteiger partial charge in [-0.2, -0.15) is 5.26 Å². The molecule has 4 heteroatoms. The number of rotatable bonds is 3. The van der Waals surface area contributed by atoms with E-state index in [0.717, 1.165) is 28.2 Å². The zero-order chi connectivity index (χ0) is 18.8. The summed E-state index contributed by atoms with van der Waals surface area (Å²) >= 11 is 6.18. The Morgan fingerprint density at radius 1 is 1.12 bits per heavy atom. The van der Waals surface area contributed by atoms with Crippen molar-refractivity contribution >= 4 is 23.3 Å². The molecule has 2 nitrogen and oxygen atoms in total. The Morgan fingerprint density at radius 2 is 1.88 bits per heavy atom. The zero-order valence-electron chi connectivity index (χ0n) is 14.8. The van der Waals surface area contributed by atoms with Crippen molar-refractivity contribution < 1.29 is 4.39 Å². The molecule has 0 fully saturated rings. The van der Waals surface area contributed by atoms with E-state index in [1.807, 2.05) is 45.0 Å². The Labute approximate surface area is 157 Å². The number of aromatic nitrogens is 1. The summed E-state index contributed by atoms with van der Waals surface area (Å²) in [5.74, 6) is -0.358. The van der Waals surface area contributed by atoms with Gasteiger partial charge in [0.25, 0.3) is 0 Å². The van der Waals surface area contributed by atoms with Gasteiger partial charge >= 0.3 is 0 Å². The molecular formula is C22H18ClFN2. The van der Waals surface area contributed by atoms with Crippen LogP contribution in [0.25, 0.3) is 17.3 Å². The second kappa shape index (κ2) is 7.19.